The van der Waals surface area contributed by atoms with Crippen LogP contribution in [0.1, 0.15) is 43.6 Å². The molecule has 0 radical (unpaired) electrons. The highest BCUT2D eigenvalue weighted by Crippen LogP contribution is 2.07. The third-order valence-corrected chi connectivity index (χ3v) is 3.07. The predicted molar refractivity (Wildman–Crippen MR) is 90.5 cm³/mol. The Morgan fingerprint density at radius 2 is 1.67 bits per heavy atom. The highest BCUT2D eigenvalue weighted by molar-refractivity contribution is 5.92. The van der Waals surface area contributed by atoms with Gasteiger partial charge >= 0.3 is 12.0 Å². The number of esters is 1. The number of hydrogen-bond acceptors (Lipinski definition) is 4. The van der Waals surface area contributed by atoms with Crippen LogP contribution < -0.4 is 16.0 Å². The van der Waals surface area contributed by atoms with E-state index in [1.807, 2.05) is 13.8 Å². The van der Waals surface area contributed by atoms with E-state index in [2.05, 4.69) is 16.0 Å². The summed E-state index contributed by atoms with van der Waals surface area (Å²) in [6, 6.07) is 6.47. The molecule has 7 heteroatoms. The van der Waals surface area contributed by atoms with Gasteiger partial charge in [-0.3, -0.25) is 4.79 Å². The first kappa shape index (κ1) is 19.5. The molecule has 0 saturated carbocycles. The summed E-state index contributed by atoms with van der Waals surface area (Å²) < 4.78 is 5.10. The van der Waals surface area contributed by atoms with E-state index >= 15 is 0 Å². The number of likely N-dealkylation sites (N-methyl/N-ethyl adjacent to an activating group) is 1. The summed E-state index contributed by atoms with van der Waals surface area (Å²) in [5.74, 6) is -0.895. The van der Waals surface area contributed by atoms with Gasteiger partial charge in [-0.05, 0) is 45.4 Å². The lowest BCUT2D eigenvalue weighted by Crippen LogP contribution is -2.39. The van der Waals surface area contributed by atoms with Crippen LogP contribution in [0.2, 0.25) is 0 Å². The third-order valence-electron chi connectivity index (χ3n) is 3.07. The van der Waals surface area contributed by atoms with E-state index in [1.165, 1.54) is 6.92 Å². The number of nitrogens with one attached hydrogen (secondary N) is 3. The average Bonchev–Trinajstić information content (AvgIpc) is 2.52. The first-order chi connectivity index (χ1) is 11.3. The lowest BCUT2D eigenvalue weighted by molar-refractivity contribution is -0.128. The molecule has 0 aliphatic heterocycles. The van der Waals surface area contributed by atoms with Crippen LogP contribution in [0.15, 0.2) is 24.3 Å². The van der Waals surface area contributed by atoms with Gasteiger partial charge in [0.2, 0.25) is 0 Å². The molecular formula is C17H25N3O4. The van der Waals surface area contributed by atoms with Crippen LogP contribution in [0.5, 0.6) is 0 Å². The zero-order chi connectivity index (χ0) is 18.1. The number of hydrogen-bond donors (Lipinski definition) is 3. The fraction of sp³-hybridized carbons (Fsp3) is 0.471. The summed E-state index contributed by atoms with van der Waals surface area (Å²) in [5.41, 5.74) is 1.20. The van der Waals surface area contributed by atoms with Crippen molar-refractivity contribution < 1.29 is 19.1 Å². The van der Waals surface area contributed by atoms with Crippen molar-refractivity contribution in [3.63, 3.8) is 0 Å². The number of ether oxygens (including phenoxy) is 1. The van der Waals surface area contributed by atoms with Crippen LogP contribution in [0, 0.1) is 0 Å². The van der Waals surface area contributed by atoms with Crippen LogP contribution in [0.25, 0.3) is 0 Å². The summed E-state index contributed by atoms with van der Waals surface area (Å²) in [6.07, 6.45) is -0.849. The molecule has 0 saturated heterocycles. The SMILES string of the molecule is CCNC(=O)[C@@H](C)OC(=O)c1ccc(CNC(=O)NC(C)C)cc1. The van der Waals surface area contributed by atoms with Crippen LogP contribution in [-0.4, -0.2) is 36.6 Å². The maximum atomic E-state index is 12.0. The molecule has 0 aromatic heterocycles. The fourth-order valence-corrected chi connectivity index (χ4v) is 1.85. The number of amides is 3. The molecule has 0 bridgehead atoms. The molecule has 1 atom stereocenters. The highest BCUT2D eigenvalue weighted by atomic mass is 16.5. The third kappa shape index (κ3) is 6.68. The molecule has 1 rings (SSSR count). The number of urea groups is 1. The van der Waals surface area contributed by atoms with Gasteiger partial charge in [0.05, 0.1) is 5.56 Å². The van der Waals surface area contributed by atoms with E-state index < -0.39 is 12.1 Å². The second kappa shape index (κ2) is 9.54. The second-order valence-electron chi connectivity index (χ2n) is 5.62. The van der Waals surface area contributed by atoms with E-state index in [0.29, 0.717) is 18.7 Å². The van der Waals surface area contributed by atoms with Gasteiger partial charge < -0.3 is 20.7 Å². The lowest BCUT2D eigenvalue weighted by atomic mass is 10.1. The maximum absolute atomic E-state index is 12.0. The summed E-state index contributed by atoms with van der Waals surface area (Å²) >= 11 is 0. The average molecular weight is 335 g/mol. The number of rotatable bonds is 7. The zero-order valence-corrected chi connectivity index (χ0v) is 14.5. The molecule has 3 N–H and O–H groups in total. The molecule has 0 unspecified atom stereocenters. The molecule has 3 amide bonds. The van der Waals surface area contributed by atoms with E-state index in [4.69, 9.17) is 4.74 Å². The zero-order valence-electron chi connectivity index (χ0n) is 14.5. The van der Waals surface area contributed by atoms with Gasteiger partial charge in [0.25, 0.3) is 5.91 Å². The maximum Gasteiger partial charge on any atom is 0.338 e. The van der Waals surface area contributed by atoms with Crippen molar-refractivity contribution in [3.05, 3.63) is 35.4 Å². The fourth-order valence-electron chi connectivity index (χ4n) is 1.85. The van der Waals surface area contributed by atoms with Crippen molar-refractivity contribution in [2.75, 3.05) is 6.54 Å². The number of carbonyl (C=O) groups is 3. The normalized spacial score (nSPS) is 11.5. The van der Waals surface area contributed by atoms with Gasteiger partial charge in [-0.15, -0.1) is 0 Å². The summed E-state index contributed by atoms with van der Waals surface area (Å²) in [5, 5.41) is 8.03. The molecule has 24 heavy (non-hydrogen) atoms. The summed E-state index contributed by atoms with van der Waals surface area (Å²) in [6.45, 7) is 7.90. The molecule has 0 aliphatic carbocycles. The minimum Gasteiger partial charge on any atom is -0.449 e. The molecule has 1 aromatic carbocycles. The Balaban J connectivity index is 2.53. The Morgan fingerprint density at radius 3 is 2.21 bits per heavy atom. The van der Waals surface area contributed by atoms with Crippen LogP contribution in [0.3, 0.4) is 0 Å². The van der Waals surface area contributed by atoms with Crippen molar-refractivity contribution in [3.8, 4) is 0 Å². The molecule has 132 valence electrons. The number of benzene rings is 1. The van der Waals surface area contributed by atoms with Gasteiger partial charge in [0, 0.05) is 19.1 Å². The van der Waals surface area contributed by atoms with E-state index in [9.17, 15) is 14.4 Å². The highest BCUT2D eigenvalue weighted by Gasteiger charge is 2.18. The van der Waals surface area contributed by atoms with Gasteiger partial charge in [-0.25, -0.2) is 9.59 Å². The van der Waals surface area contributed by atoms with Crippen LogP contribution in [0.4, 0.5) is 4.79 Å². The Kier molecular flexibility index (Phi) is 7.74. The van der Waals surface area contributed by atoms with Crippen molar-refractivity contribution in [1.29, 1.82) is 0 Å². The molecule has 0 fully saturated rings. The monoisotopic (exact) mass is 335 g/mol. The standard InChI is InChI=1S/C17H25N3O4/c1-5-18-15(21)12(4)24-16(22)14-8-6-13(7-9-14)10-19-17(23)20-11(2)3/h6-9,11-12H,5,10H2,1-4H3,(H,18,21)(H2,19,20,23)/t12-/m1/s1. The van der Waals surface area contributed by atoms with E-state index in [0.717, 1.165) is 5.56 Å². The largest absolute Gasteiger partial charge is 0.449 e. The van der Waals surface area contributed by atoms with Crippen molar-refractivity contribution in [2.24, 2.45) is 0 Å². The first-order valence-corrected chi connectivity index (χ1v) is 7.95. The molecule has 1 aromatic rings. The molecule has 0 aliphatic rings. The minimum absolute atomic E-state index is 0.0639. The molecule has 0 spiro atoms. The van der Waals surface area contributed by atoms with Gasteiger partial charge in [-0.2, -0.15) is 0 Å². The second-order valence-corrected chi connectivity index (χ2v) is 5.62. The van der Waals surface area contributed by atoms with Crippen molar-refractivity contribution >= 4 is 17.9 Å². The molecule has 7 nitrogen and oxygen atoms in total. The van der Waals surface area contributed by atoms with Crippen LogP contribution >= 0.6 is 0 Å². The Bertz CT molecular complexity index is 570. The Morgan fingerprint density at radius 1 is 1.04 bits per heavy atom. The Hall–Kier alpha value is -2.57. The lowest BCUT2D eigenvalue weighted by Gasteiger charge is -2.13. The topological polar surface area (TPSA) is 96.5 Å². The van der Waals surface area contributed by atoms with E-state index in [-0.39, 0.29) is 18.0 Å². The van der Waals surface area contributed by atoms with Gasteiger partial charge in [0.15, 0.2) is 6.10 Å². The quantitative estimate of drug-likeness (QED) is 0.659. The van der Waals surface area contributed by atoms with Gasteiger partial charge in [-0.1, -0.05) is 12.1 Å². The smallest absolute Gasteiger partial charge is 0.338 e. The summed E-state index contributed by atoms with van der Waals surface area (Å²) in [4.78, 5) is 35.0. The van der Waals surface area contributed by atoms with Gasteiger partial charge in [0.1, 0.15) is 0 Å². The van der Waals surface area contributed by atoms with Crippen molar-refractivity contribution in [2.45, 2.75) is 46.4 Å². The van der Waals surface area contributed by atoms with Crippen LogP contribution in [-0.2, 0) is 16.1 Å². The Labute approximate surface area is 142 Å². The summed E-state index contributed by atoms with van der Waals surface area (Å²) in [7, 11) is 0. The molecular weight excluding hydrogens is 310 g/mol. The number of carbonyl (C=O) groups excluding carboxylic acids is 3. The predicted octanol–water partition coefficient (Wildman–Crippen LogP) is 1.58. The minimum atomic E-state index is -0.849. The van der Waals surface area contributed by atoms with Crippen molar-refractivity contribution in [1.82, 2.24) is 16.0 Å². The first-order valence-electron chi connectivity index (χ1n) is 7.95. The molecule has 0 heterocycles. The van der Waals surface area contributed by atoms with E-state index in [1.54, 1.807) is 31.2 Å².